The number of benzene rings is 2. The molecule has 220 valence electrons. The fraction of sp³-hybridized carbons (Fsp3) is 0.400. The second-order valence-corrected chi connectivity index (χ2v) is 13.1. The molecule has 0 spiro atoms. The van der Waals surface area contributed by atoms with Crippen LogP contribution in [0.3, 0.4) is 0 Å². The van der Waals surface area contributed by atoms with Gasteiger partial charge in [-0.05, 0) is 86.3 Å². The summed E-state index contributed by atoms with van der Waals surface area (Å²) >= 11 is 0. The Labute approximate surface area is 245 Å². The highest BCUT2D eigenvalue weighted by molar-refractivity contribution is 5.97. The van der Waals surface area contributed by atoms with E-state index in [-0.39, 0.29) is 51.7 Å². The van der Waals surface area contributed by atoms with Crippen LogP contribution >= 0.6 is 0 Å². The number of phenols is 3. The Kier molecular flexibility index (Phi) is 6.30. The van der Waals surface area contributed by atoms with Crippen molar-refractivity contribution in [1.82, 2.24) is 0 Å². The summed E-state index contributed by atoms with van der Waals surface area (Å²) in [5.74, 6) is 0.186. The summed E-state index contributed by atoms with van der Waals surface area (Å²) in [5, 5.41) is 33.4. The van der Waals surface area contributed by atoms with Crippen LogP contribution in [0.25, 0.3) is 28.4 Å². The lowest BCUT2D eigenvalue weighted by Crippen LogP contribution is -2.34. The molecule has 3 aromatic rings. The Bertz CT molecular complexity index is 1810. The Morgan fingerprint density at radius 1 is 1.02 bits per heavy atom. The molecule has 0 saturated heterocycles. The van der Waals surface area contributed by atoms with Crippen LogP contribution in [0.4, 0.5) is 0 Å². The number of ether oxygens (including phenoxy) is 2. The number of aromatic hydroxyl groups is 3. The molecule has 1 unspecified atom stereocenters. The summed E-state index contributed by atoms with van der Waals surface area (Å²) in [5.41, 5.74) is 3.38. The molecule has 7 heteroatoms. The van der Waals surface area contributed by atoms with Gasteiger partial charge in [0.2, 0.25) is 0 Å². The fourth-order valence-electron chi connectivity index (χ4n) is 6.46. The van der Waals surface area contributed by atoms with Crippen molar-refractivity contribution in [3.63, 3.8) is 0 Å². The minimum absolute atomic E-state index is 0.102. The van der Waals surface area contributed by atoms with Gasteiger partial charge in [-0.15, -0.1) is 0 Å². The third kappa shape index (κ3) is 4.29. The lowest BCUT2D eigenvalue weighted by Gasteiger charge is -2.32. The van der Waals surface area contributed by atoms with E-state index in [1.54, 1.807) is 0 Å². The zero-order valence-electron chi connectivity index (χ0n) is 25.3. The van der Waals surface area contributed by atoms with Crippen molar-refractivity contribution in [2.24, 2.45) is 0 Å². The van der Waals surface area contributed by atoms with Gasteiger partial charge in [0.05, 0.1) is 11.1 Å². The molecule has 0 saturated carbocycles. The third-order valence-corrected chi connectivity index (χ3v) is 8.72. The third-order valence-electron chi connectivity index (χ3n) is 8.72. The van der Waals surface area contributed by atoms with E-state index >= 15 is 0 Å². The second-order valence-electron chi connectivity index (χ2n) is 13.1. The topological polar surface area (TPSA) is 109 Å². The molecule has 3 aliphatic rings. The summed E-state index contributed by atoms with van der Waals surface area (Å²) in [6, 6.07) is 1.22. The van der Waals surface area contributed by atoms with Gasteiger partial charge < -0.3 is 29.2 Å². The molecule has 3 heterocycles. The summed E-state index contributed by atoms with van der Waals surface area (Å²) in [6.45, 7) is 13.9. The van der Waals surface area contributed by atoms with Crippen LogP contribution in [-0.2, 0) is 12.8 Å². The van der Waals surface area contributed by atoms with E-state index in [1.807, 2.05) is 39.8 Å². The quantitative estimate of drug-likeness (QED) is 0.268. The van der Waals surface area contributed by atoms with Gasteiger partial charge in [-0.2, -0.15) is 0 Å². The Morgan fingerprint density at radius 2 is 1.76 bits per heavy atom. The average molecular weight is 571 g/mol. The van der Waals surface area contributed by atoms with Gasteiger partial charge in [0.25, 0.3) is 0 Å². The van der Waals surface area contributed by atoms with E-state index in [2.05, 4.69) is 32.9 Å². The number of rotatable bonds is 5. The normalized spacial score (nSPS) is 19.0. The highest BCUT2D eigenvalue weighted by atomic mass is 16.5. The maximum atomic E-state index is 14.3. The molecule has 42 heavy (non-hydrogen) atoms. The molecule has 0 bridgehead atoms. The van der Waals surface area contributed by atoms with E-state index in [0.29, 0.717) is 45.7 Å². The van der Waals surface area contributed by atoms with Crippen molar-refractivity contribution in [2.75, 3.05) is 0 Å². The first-order chi connectivity index (χ1) is 19.7. The van der Waals surface area contributed by atoms with Gasteiger partial charge in [-0.3, -0.25) is 4.79 Å². The van der Waals surface area contributed by atoms with Crippen LogP contribution < -0.4 is 14.9 Å². The van der Waals surface area contributed by atoms with Gasteiger partial charge in [0.1, 0.15) is 39.6 Å². The van der Waals surface area contributed by atoms with Crippen molar-refractivity contribution >= 4 is 17.0 Å². The molecule has 2 aliphatic heterocycles. The molecule has 6 rings (SSSR count). The molecule has 1 atom stereocenters. The number of phenolic OH excluding ortho intramolecular Hbond substituents is 3. The van der Waals surface area contributed by atoms with Crippen LogP contribution in [-0.4, -0.2) is 26.5 Å². The Hall–Kier alpha value is -4.13. The van der Waals surface area contributed by atoms with E-state index < -0.39 is 11.2 Å². The minimum atomic E-state index is -0.736. The summed E-state index contributed by atoms with van der Waals surface area (Å²) in [7, 11) is 0. The SMILES string of the molecule is CC(C)=CCC/C(C)=C/Cc1c2c(c3oc4c(c(=O)c3c1O)CC1c3c(c(O)cc(O)c3-4)OC1(C)C)C=CC(C)(C)O2. The summed E-state index contributed by atoms with van der Waals surface area (Å²) in [4.78, 5) is 14.3. The van der Waals surface area contributed by atoms with Gasteiger partial charge in [-0.25, -0.2) is 0 Å². The predicted molar refractivity (Wildman–Crippen MR) is 164 cm³/mol. The highest BCUT2D eigenvalue weighted by Gasteiger charge is 2.49. The smallest absolute Gasteiger partial charge is 0.200 e. The van der Waals surface area contributed by atoms with Crippen LogP contribution in [0.5, 0.6) is 28.7 Å². The van der Waals surface area contributed by atoms with Gasteiger partial charge >= 0.3 is 0 Å². The molecular weight excluding hydrogens is 532 g/mol. The fourth-order valence-corrected chi connectivity index (χ4v) is 6.46. The molecule has 0 radical (unpaired) electrons. The standard InChI is InChI=1S/C35H38O7/c1-17(2)9-8-10-18(3)11-12-19-28(38)27-29(39)21-15-22-25-26(23(36)16-24(37)33(25)42-35(22,6)7)32(21)40-31(27)20-13-14-34(4,5)41-30(19)20/h9,11,13-14,16,22,36-38H,8,10,12,15H2,1-7H3/b18-11+. The number of hydrogen-bond acceptors (Lipinski definition) is 7. The van der Waals surface area contributed by atoms with E-state index in [1.165, 1.54) is 17.2 Å². The van der Waals surface area contributed by atoms with Crippen LogP contribution in [0.1, 0.15) is 89.5 Å². The first-order valence-electron chi connectivity index (χ1n) is 14.5. The monoisotopic (exact) mass is 570 g/mol. The van der Waals surface area contributed by atoms with E-state index in [9.17, 15) is 20.1 Å². The molecule has 1 aliphatic carbocycles. The zero-order valence-corrected chi connectivity index (χ0v) is 25.3. The zero-order chi connectivity index (χ0) is 30.3. The molecule has 7 nitrogen and oxygen atoms in total. The summed E-state index contributed by atoms with van der Waals surface area (Å²) < 4.78 is 19.0. The molecule has 3 N–H and O–H groups in total. The largest absolute Gasteiger partial charge is 0.507 e. The average Bonchev–Trinajstić information content (AvgIpc) is 3.16. The maximum absolute atomic E-state index is 14.3. The van der Waals surface area contributed by atoms with E-state index in [4.69, 9.17) is 13.9 Å². The number of hydrogen-bond donors (Lipinski definition) is 3. The van der Waals surface area contributed by atoms with Crippen molar-refractivity contribution in [3.05, 3.63) is 67.9 Å². The van der Waals surface area contributed by atoms with Gasteiger partial charge in [0.15, 0.2) is 22.5 Å². The molecule has 0 amide bonds. The Balaban J connectivity index is 1.59. The number of fused-ring (bicyclic) bond motifs is 5. The van der Waals surface area contributed by atoms with Crippen LogP contribution in [0, 0.1) is 0 Å². The van der Waals surface area contributed by atoms with Crippen molar-refractivity contribution < 1.29 is 29.2 Å². The number of allylic oxidation sites excluding steroid dienone is 4. The van der Waals surface area contributed by atoms with Crippen molar-refractivity contribution in [2.45, 2.75) is 91.3 Å². The molecule has 1 aromatic heterocycles. The van der Waals surface area contributed by atoms with Crippen molar-refractivity contribution in [3.8, 4) is 40.1 Å². The van der Waals surface area contributed by atoms with Crippen LogP contribution in [0.15, 0.2) is 44.7 Å². The van der Waals surface area contributed by atoms with Gasteiger partial charge in [-0.1, -0.05) is 23.3 Å². The lowest BCUT2D eigenvalue weighted by atomic mass is 9.74. The molecular formula is C35H38O7. The van der Waals surface area contributed by atoms with Crippen LogP contribution in [0.2, 0.25) is 0 Å². The molecule has 0 fully saturated rings. The lowest BCUT2D eigenvalue weighted by molar-refractivity contribution is 0.106. The Morgan fingerprint density at radius 3 is 2.48 bits per heavy atom. The highest BCUT2D eigenvalue weighted by Crippen LogP contribution is 2.60. The summed E-state index contributed by atoms with van der Waals surface area (Å²) in [6.07, 6.45) is 10.6. The first kappa shape index (κ1) is 28.0. The van der Waals surface area contributed by atoms with Crippen molar-refractivity contribution in [1.29, 1.82) is 0 Å². The first-order valence-corrected chi connectivity index (χ1v) is 14.5. The second kappa shape index (κ2) is 9.45. The predicted octanol–water partition coefficient (Wildman–Crippen LogP) is 7.81. The maximum Gasteiger partial charge on any atom is 0.200 e. The van der Waals surface area contributed by atoms with Gasteiger partial charge in [0, 0.05) is 28.7 Å². The minimum Gasteiger partial charge on any atom is -0.507 e. The van der Waals surface area contributed by atoms with E-state index in [0.717, 1.165) is 12.8 Å². The molecule has 2 aromatic carbocycles.